The number of hydrogen-bond donors (Lipinski definition) is 4. The van der Waals surface area contributed by atoms with Crippen molar-refractivity contribution in [3.8, 4) is 0 Å². The number of thioether (sulfide) groups is 1. The van der Waals surface area contributed by atoms with Crippen LogP contribution < -0.4 is 11.1 Å². The van der Waals surface area contributed by atoms with Crippen molar-refractivity contribution in [2.24, 2.45) is 17.6 Å². The molecule has 7 atom stereocenters. The van der Waals surface area contributed by atoms with Crippen molar-refractivity contribution in [1.82, 2.24) is 15.1 Å². The minimum Gasteiger partial charge on any atom is -0.477 e. The summed E-state index contributed by atoms with van der Waals surface area (Å²) < 4.78 is 0. The lowest BCUT2D eigenvalue weighted by Gasteiger charge is -2.46. The molecule has 4 heterocycles. The summed E-state index contributed by atoms with van der Waals surface area (Å²) in [7, 11) is 0. The van der Waals surface area contributed by atoms with E-state index in [1.807, 2.05) is 6.92 Å². The molecule has 3 saturated heterocycles. The lowest BCUT2D eigenvalue weighted by Crippen LogP contribution is -2.63. The van der Waals surface area contributed by atoms with Crippen LogP contribution in [0.3, 0.4) is 0 Å². The summed E-state index contributed by atoms with van der Waals surface area (Å²) in [6.07, 6.45) is 1.25. The van der Waals surface area contributed by atoms with E-state index in [0.29, 0.717) is 6.04 Å². The number of carboxylic acid groups (broad SMARTS) is 1. The van der Waals surface area contributed by atoms with Gasteiger partial charge in [0.1, 0.15) is 5.70 Å². The Balaban J connectivity index is 1.42. The van der Waals surface area contributed by atoms with Gasteiger partial charge in [0, 0.05) is 47.8 Å². The molecule has 4 rings (SSSR count). The van der Waals surface area contributed by atoms with Crippen LogP contribution in [0.5, 0.6) is 0 Å². The second-order valence-electron chi connectivity index (χ2n) is 8.66. The molecule has 156 valence electrons. The van der Waals surface area contributed by atoms with Crippen LogP contribution in [0.2, 0.25) is 0 Å². The highest BCUT2D eigenvalue weighted by atomic mass is 32.2. The average molecular weight is 411 g/mol. The number of aliphatic hydroxyl groups is 1. The minimum absolute atomic E-state index is 0.0657. The number of likely N-dealkylation sites (tertiary alicyclic amines) is 1. The summed E-state index contributed by atoms with van der Waals surface area (Å²) in [6.45, 7) is 7.37. The molecule has 8 nitrogen and oxygen atoms in total. The van der Waals surface area contributed by atoms with Gasteiger partial charge >= 0.3 is 5.97 Å². The Bertz CT molecular complexity index is 699. The van der Waals surface area contributed by atoms with Gasteiger partial charge in [-0.3, -0.25) is 4.79 Å². The monoisotopic (exact) mass is 410 g/mol. The normalized spacial score (nSPS) is 39.4. The van der Waals surface area contributed by atoms with Crippen molar-refractivity contribution in [2.75, 3.05) is 26.2 Å². The maximum Gasteiger partial charge on any atom is 0.353 e. The average Bonchev–Trinajstić information content (AvgIpc) is 3.28. The van der Waals surface area contributed by atoms with E-state index in [0.717, 1.165) is 43.9 Å². The molecule has 0 radical (unpaired) electrons. The van der Waals surface area contributed by atoms with Gasteiger partial charge in [-0.25, -0.2) is 4.79 Å². The molecule has 5 N–H and O–H groups in total. The fourth-order valence-corrected chi connectivity index (χ4v) is 6.73. The number of nitrogens with two attached hydrogens (primary N) is 1. The molecular weight excluding hydrogens is 380 g/mol. The number of hydrogen-bond acceptors (Lipinski definition) is 7. The summed E-state index contributed by atoms with van der Waals surface area (Å²) in [6, 6.07) is 0.424. The zero-order valence-corrected chi connectivity index (χ0v) is 17.2. The van der Waals surface area contributed by atoms with E-state index < -0.39 is 18.0 Å². The topological polar surface area (TPSA) is 119 Å². The molecule has 0 bridgehead atoms. The van der Waals surface area contributed by atoms with Crippen LogP contribution in [-0.2, 0) is 9.59 Å². The van der Waals surface area contributed by atoms with Crippen molar-refractivity contribution in [2.45, 2.75) is 56.2 Å². The van der Waals surface area contributed by atoms with Gasteiger partial charge in [0.05, 0.1) is 18.1 Å². The number of carbonyl (C=O) groups excluding carboxylic acids is 1. The molecule has 7 unspecified atom stereocenters. The first-order chi connectivity index (χ1) is 13.3. The van der Waals surface area contributed by atoms with Crippen LogP contribution in [0.4, 0.5) is 0 Å². The predicted molar refractivity (Wildman–Crippen MR) is 106 cm³/mol. The van der Waals surface area contributed by atoms with Gasteiger partial charge in [0.25, 0.3) is 0 Å². The Kier molecular flexibility index (Phi) is 5.47. The molecule has 0 spiro atoms. The molecule has 4 aliphatic rings. The molecular formula is C19H30N4O4S. The minimum atomic E-state index is -1.05. The van der Waals surface area contributed by atoms with Gasteiger partial charge in [0.15, 0.2) is 0 Å². The molecule has 0 aromatic rings. The Morgan fingerprint density at radius 3 is 2.82 bits per heavy atom. The van der Waals surface area contributed by atoms with E-state index in [2.05, 4.69) is 10.2 Å². The second-order valence-corrected chi connectivity index (χ2v) is 10.0. The first-order valence-electron chi connectivity index (χ1n) is 10.1. The van der Waals surface area contributed by atoms with Crippen LogP contribution in [0.1, 0.15) is 26.7 Å². The van der Waals surface area contributed by atoms with E-state index in [9.17, 15) is 19.8 Å². The molecule has 4 aliphatic heterocycles. The number of β-lactam (4-membered cyclic amide) rings is 1. The third-order valence-electron chi connectivity index (χ3n) is 6.57. The summed E-state index contributed by atoms with van der Waals surface area (Å²) in [5.74, 6) is -1.89. The lowest BCUT2D eigenvalue weighted by molar-refractivity contribution is -0.163. The van der Waals surface area contributed by atoms with Crippen molar-refractivity contribution in [1.29, 1.82) is 0 Å². The zero-order valence-electron chi connectivity index (χ0n) is 16.4. The fraction of sp³-hybridized carbons (Fsp3) is 0.789. The smallest absolute Gasteiger partial charge is 0.353 e. The molecule has 0 aromatic carbocycles. The first-order valence-corrected chi connectivity index (χ1v) is 11.0. The number of aliphatic hydroxyl groups excluding tert-OH is 1. The zero-order chi connectivity index (χ0) is 20.2. The Hall–Kier alpha value is -1.13. The van der Waals surface area contributed by atoms with E-state index in [-0.39, 0.29) is 34.9 Å². The number of nitrogens with zero attached hydrogens (tertiary/aromatic N) is 2. The van der Waals surface area contributed by atoms with Gasteiger partial charge in [-0.2, -0.15) is 0 Å². The highest BCUT2D eigenvalue weighted by Crippen LogP contribution is 2.51. The molecule has 28 heavy (non-hydrogen) atoms. The van der Waals surface area contributed by atoms with Crippen LogP contribution in [0.25, 0.3) is 0 Å². The number of fused-ring (bicyclic) bond motifs is 1. The van der Waals surface area contributed by atoms with Gasteiger partial charge in [-0.05, 0) is 26.3 Å². The van der Waals surface area contributed by atoms with Gasteiger partial charge in [-0.15, -0.1) is 11.8 Å². The third-order valence-corrected chi connectivity index (χ3v) is 8.09. The summed E-state index contributed by atoms with van der Waals surface area (Å²) in [5.41, 5.74) is 6.12. The lowest BCUT2D eigenvalue weighted by atomic mass is 9.79. The van der Waals surface area contributed by atoms with Gasteiger partial charge in [0.2, 0.25) is 5.91 Å². The van der Waals surface area contributed by atoms with Gasteiger partial charge < -0.3 is 31.1 Å². The Morgan fingerprint density at radius 2 is 2.21 bits per heavy atom. The van der Waals surface area contributed by atoms with E-state index in [1.54, 1.807) is 18.7 Å². The van der Waals surface area contributed by atoms with Crippen LogP contribution in [0.15, 0.2) is 10.6 Å². The largest absolute Gasteiger partial charge is 0.477 e. The van der Waals surface area contributed by atoms with Crippen LogP contribution in [-0.4, -0.2) is 87.5 Å². The first kappa shape index (κ1) is 20.2. The highest BCUT2D eigenvalue weighted by molar-refractivity contribution is 8.03. The van der Waals surface area contributed by atoms with E-state index in [4.69, 9.17) is 5.73 Å². The number of amides is 1. The van der Waals surface area contributed by atoms with Crippen molar-refractivity contribution >= 4 is 23.6 Å². The summed E-state index contributed by atoms with van der Waals surface area (Å²) in [4.78, 5) is 28.9. The standard InChI is InChI=1S/C19H30N4O4S/c1-9-15-14(10(2)24)18(25)23(15)16(19(26)27)17(9)28-13-5-12(21-6-13)8-22-4-3-11(20)7-22/h9-15,21,24H,3-8,20H2,1-2H3,(H,26,27). The predicted octanol–water partition coefficient (Wildman–Crippen LogP) is -0.363. The van der Waals surface area contributed by atoms with Crippen LogP contribution >= 0.6 is 11.8 Å². The third kappa shape index (κ3) is 3.37. The SMILES string of the molecule is CC(O)C1C(=O)N2C(C(=O)O)=C(SC3CNC(CN4CCC(N)C4)C3)C(C)C12. The molecule has 0 saturated carbocycles. The quantitative estimate of drug-likeness (QED) is 0.438. The van der Waals surface area contributed by atoms with Crippen molar-refractivity contribution < 1.29 is 19.8 Å². The number of carboxylic acids is 1. The Morgan fingerprint density at radius 1 is 1.46 bits per heavy atom. The number of rotatable bonds is 6. The molecule has 1 amide bonds. The van der Waals surface area contributed by atoms with E-state index >= 15 is 0 Å². The summed E-state index contributed by atoms with van der Waals surface area (Å²) >= 11 is 1.60. The Labute approximate surface area is 169 Å². The van der Waals surface area contributed by atoms with Crippen molar-refractivity contribution in [3.05, 3.63) is 10.6 Å². The molecule has 0 aromatic heterocycles. The maximum absolute atomic E-state index is 12.4. The maximum atomic E-state index is 12.4. The van der Waals surface area contributed by atoms with Gasteiger partial charge in [-0.1, -0.05) is 6.92 Å². The number of nitrogens with one attached hydrogen (secondary N) is 1. The molecule has 9 heteroatoms. The van der Waals surface area contributed by atoms with Crippen molar-refractivity contribution in [3.63, 3.8) is 0 Å². The fourth-order valence-electron chi connectivity index (χ4n) is 5.21. The van der Waals surface area contributed by atoms with Crippen LogP contribution in [0, 0.1) is 11.8 Å². The number of aliphatic carboxylic acids is 1. The molecule has 0 aliphatic carbocycles. The summed E-state index contributed by atoms with van der Waals surface area (Å²) in [5, 5.41) is 23.5. The highest BCUT2D eigenvalue weighted by Gasteiger charge is 2.60. The second kappa shape index (κ2) is 7.60. The number of carbonyl (C=O) groups is 2. The van der Waals surface area contributed by atoms with E-state index in [1.165, 1.54) is 4.90 Å². The molecule has 3 fully saturated rings.